The molecule has 0 aromatic rings. The first-order valence-corrected chi connectivity index (χ1v) is 10.2. The summed E-state index contributed by atoms with van der Waals surface area (Å²) < 4.78 is 3.30. The van der Waals surface area contributed by atoms with Gasteiger partial charge in [0.05, 0.1) is 0 Å². The Balaban J connectivity index is -0.000000720. The van der Waals surface area contributed by atoms with Crippen molar-refractivity contribution in [2.45, 2.75) is 74.1 Å². The van der Waals surface area contributed by atoms with Gasteiger partial charge >= 0.3 is 95.2 Å². The summed E-state index contributed by atoms with van der Waals surface area (Å²) in [6, 6.07) is 0. The second-order valence-electron chi connectivity index (χ2n) is 3.87. The summed E-state index contributed by atoms with van der Waals surface area (Å²) in [5.41, 5.74) is 0. The number of halogens is 2. The fraction of sp³-hybridized carbons (Fsp3) is 1.00. The molecule has 3 heteroatoms. The van der Waals surface area contributed by atoms with Crippen LogP contribution in [0.4, 0.5) is 0 Å². The average Bonchev–Trinajstić information content (AvgIpc) is 2.16. The van der Waals surface area contributed by atoms with Crippen LogP contribution in [0.1, 0.15) is 65.2 Å². The topological polar surface area (TPSA) is 0 Å². The number of hydrogen-bond acceptors (Lipinski definition) is 0. The minimum Gasteiger partial charge on any atom is -0.107 e. The molecule has 0 aromatic carbocycles. The fourth-order valence-corrected chi connectivity index (χ4v) is 5.05. The van der Waals surface area contributed by atoms with Gasteiger partial charge in [0.25, 0.3) is 0 Å². The average molecular weight is 545 g/mol. The standard InChI is InChI=1S/2C6H13.2HI.Sn/c2*1-3-5-6-4-2;;;/h2*1,3-6H2,2H3;2*1H;. The molecule has 0 aliphatic heterocycles. The summed E-state index contributed by atoms with van der Waals surface area (Å²) in [5, 5.41) is 0. The number of hydrogen-bond donors (Lipinski definition) is 0. The molecule has 15 heavy (non-hydrogen) atoms. The Hall–Kier alpha value is 2.26. The molecule has 94 valence electrons. The zero-order chi connectivity index (χ0) is 9.78. The Labute approximate surface area is 141 Å². The van der Waals surface area contributed by atoms with E-state index in [0.717, 1.165) is 0 Å². The smallest absolute Gasteiger partial charge is 0.107 e. The van der Waals surface area contributed by atoms with Crippen molar-refractivity contribution in [2.75, 3.05) is 0 Å². The van der Waals surface area contributed by atoms with Gasteiger partial charge in [-0.15, -0.1) is 48.0 Å². The van der Waals surface area contributed by atoms with Gasteiger partial charge in [0, 0.05) is 0 Å². The maximum absolute atomic E-state index is 2.30. The van der Waals surface area contributed by atoms with Crippen molar-refractivity contribution in [3.05, 3.63) is 0 Å². The minimum absolute atomic E-state index is 0. The summed E-state index contributed by atoms with van der Waals surface area (Å²) in [6.45, 7) is 4.59. The van der Waals surface area contributed by atoms with Crippen molar-refractivity contribution in [3.63, 3.8) is 0 Å². The Morgan fingerprint density at radius 3 is 1.33 bits per heavy atom. The Bertz CT molecular complexity index is 79.7. The van der Waals surface area contributed by atoms with Crippen LogP contribution in [0, 0.1) is 0 Å². The predicted molar refractivity (Wildman–Crippen MR) is 94.5 cm³/mol. The minimum atomic E-state index is 0. The number of unbranched alkanes of at least 4 members (excludes halogenated alkanes) is 6. The van der Waals surface area contributed by atoms with Gasteiger partial charge in [-0.2, -0.15) is 0 Å². The van der Waals surface area contributed by atoms with E-state index in [1.54, 1.807) is 21.7 Å². The molecular formula is C12H28I2Sn. The van der Waals surface area contributed by atoms with Crippen LogP contribution in [-0.2, 0) is 0 Å². The third-order valence-corrected chi connectivity index (χ3v) is 6.45. The molecule has 0 amide bonds. The molecule has 0 aliphatic carbocycles. The maximum atomic E-state index is 2.30. The monoisotopic (exact) mass is 546 g/mol. The summed E-state index contributed by atoms with van der Waals surface area (Å²) >= 11 is 0.104. The van der Waals surface area contributed by atoms with Crippen LogP contribution in [0.25, 0.3) is 0 Å². The maximum Gasteiger partial charge on any atom is -0.107 e. The summed E-state index contributed by atoms with van der Waals surface area (Å²) in [7, 11) is 0. The van der Waals surface area contributed by atoms with Gasteiger partial charge in [0.2, 0.25) is 0 Å². The molecule has 0 bridgehead atoms. The summed E-state index contributed by atoms with van der Waals surface area (Å²) in [6.07, 6.45) is 11.8. The largest absolute Gasteiger partial charge is 0.107 e. The Morgan fingerprint density at radius 2 is 1.00 bits per heavy atom. The predicted octanol–water partition coefficient (Wildman–Crippen LogP) is 5.92. The quantitative estimate of drug-likeness (QED) is 0.182. The molecule has 0 N–H and O–H groups in total. The van der Waals surface area contributed by atoms with Crippen molar-refractivity contribution < 1.29 is 0 Å². The van der Waals surface area contributed by atoms with E-state index in [2.05, 4.69) is 13.8 Å². The van der Waals surface area contributed by atoms with Crippen molar-refractivity contribution in [1.82, 2.24) is 0 Å². The van der Waals surface area contributed by atoms with Gasteiger partial charge in [-0.3, -0.25) is 0 Å². The van der Waals surface area contributed by atoms with E-state index >= 15 is 0 Å². The van der Waals surface area contributed by atoms with Crippen LogP contribution in [0.5, 0.6) is 0 Å². The first-order valence-electron chi connectivity index (χ1n) is 6.12. The van der Waals surface area contributed by atoms with Gasteiger partial charge in [-0.25, -0.2) is 0 Å². The van der Waals surface area contributed by atoms with Gasteiger partial charge < -0.3 is 0 Å². The van der Waals surface area contributed by atoms with Gasteiger partial charge in [0.1, 0.15) is 0 Å². The van der Waals surface area contributed by atoms with Crippen molar-refractivity contribution in [1.29, 1.82) is 0 Å². The third-order valence-electron chi connectivity index (χ3n) is 2.41. The molecule has 0 nitrogen and oxygen atoms in total. The molecule has 0 unspecified atom stereocenters. The van der Waals surface area contributed by atoms with Crippen LogP contribution in [0.3, 0.4) is 0 Å². The second-order valence-corrected chi connectivity index (χ2v) is 8.15. The van der Waals surface area contributed by atoms with Gasteiger partial charge in [0.15, 0.2) is 0 Å². The van der Waals surface area contributed by atoms with E-state index in [1.165, 1.54) is 38.5 Å². The van der Waals surface area contributed by atoms with Gasteiger partial charge in [-0.05, 0) is 0 Å². The first-order chi connectivity index (χ1) is 6.41. The summed E-state index contributed by atoms with van der Waals surface area (Å²) in [5.74, 6) is 0. The van der Waals surface area contributed by atoms with E-state index in [4.69, 9.17) is 0 Å². The van der Waals surface area contributed by atoms with Crippen molar-refractivity contribution >= 4 is 69.1 Å². The number of rotatable bonds is 10. The zero-order valence-corrected chi connectivity index (χ0v) is 17.9. The molecule has 0 saturated carbocycles. The molecule has 0 fully saturated rings. The Kier molecular flexibility index (Phi) is 32.2. The van der Waals surface area contributed by atoms with Crippen LogP contribution < -0.4 is 0 Å². The Morgan fingerprint density at radius 1 is 0.600 bits per heavy atom. The van der Waals surface area contributed by atoms with E-state index in [9.17, 15) is 0 Å². The van der Waals surface area contributed by atoms with E-state index < -0.39 is 0 Å². The first kappa shape index (κ1) is 22.4. The molecule has 0 heterocycles. The zero-order valence-electron chi connectivity index (χ0n) is 10.4. The van der Waals surface area contributed by atoms with Crippen molar-refractivity contribution in [3.8, 4) is 0 Å². The third kappa shape index (κ3) is 22.0. The molecule has 0 aliphatic rings. The SMILES string of the molecule is CCCCC[CH2][Sn][CH2]CCCCC.I.I. The van der Waals surface area contributed by atoms with E-state index in [1.807, 2.05) is 0 Å². The second kappa shape index (κ2) is 21.5. The van der Waals surface area contributed by atoms with E-state index in [0.29, 0.717) is 0 Å². The molecule has 0 aromatic heterocycles. The summed E-state index contributed by atoms with van der Waals surface area (Å²) in [4.78, 5) is 0. The van der Waals surface area contributed by atoms with Crippen molar-refractivity contribution in [2.24, 2.45) is 0 Å². The van der Waals surface area contributed by atoms with Crippen LogP contribution >= 0.6 is 48.0 Å². The van der Waals surface area contributed by atoms with Crippen LogP contribution in [0.15, 0.2) is 0 Å². The molecule has 2 radical (unpaired) electrons. The molecule has 0 spiro atoms. The van der Waals surface area contributed by atoms with Crippen LogP contribution in [0.2, 0.25) is 8.87 Å². The van der Waals surface area contributed by atoms with Crippen LogP contribution in [-0.4, -0.2) is 21.1 Å². The van der Waals surface area contributed by atoms with Gasteiger partial charge in [-0.1, -0.05) is 0 Å². The molecule has 0 saturated heterocycles. The molecule has 0 atom stereocenters. The fourth-order valence-electron chi connectivity index (χ4n) is 1.48. The normalized spacial score (nSPS) is 9.20. The molecular weight excluding hydrogens is 517 g/mol. The molecule has 0 rings (SSSR count). The van der Waals surface area contributed by atoms with E-state index in [-0.39, 0.29) is 69.1 Å².